The molecule has 1 unspecified atom stereocenters. The molecule has 308 valence electrons. The Hall–Kier alpha value is -6.15. The van der Waals surface area contributed by atoms with Gasteiger partial charge in [-0.05, 0) is 85.9 Å². The molecule has 1 saturated heterocycles. The number of carbonyl (C=O) groups is 5. The molecule has 5 amide bonds. The molecule has 4 aliphatic carbocycles. The molecule has 5 heterocycles. The van der Waals surface area contributed by atoms with E-state index >= 15 is 0 Å². The Morgan fingerprint density at radius 2 is 1.67 bits per heavy atom. The molecule has 5 aromatic rings. The largest absolute Gasteiger partial charge is 0.494 e. The number of carbonyl (C=O) groups excluding carboxylic acids is 5. The normalized spacial score (nSPS) is 25.4. The molecule has 11 rings (SSSR count). The van der Waals surface area contributed by atoms with E-state index in [1.54, 1.807) is 12.1 Å². The number of aromatic nitrogens is 3. The van der Waals surface area contributed by atoms with Crippen LogP contribution in [0.4, 0.5) is 0 Å². The van der Waals surface area contributed by atoms with Gasteiger partial charge in [-0.2, -0.15) is 0 Å². The van der Waals surface area contributed by atoms with Crippen LogP contribution >= 0.6 is 0 Å². The van der Waals surface area contributed by atoms with Crippen LogP contribution in [0.3, 0.4) is 0 Å². The SMILES string of the molecule is CN(C(=O)C12CC(COCCCCOc3ccc4c(c3)C(=O)N(C3CCC(=O)NC3=O)C4=O)(C1)C2)C1CC(Oc2ccc(-c3ccc4c5cnccc5n(C)c4c3)cn2)C1. The molecule has 3 aromatic heterocycles. The highest BCUT2D eigenvalue weighted by Crippen LogP contribution is 2.74. The Balaban J connectivity index is 0.621. The van der Waals surface area contributed by atoms with E-state index in [4.69, 9.17) is 14.2 Å². The van der Waals surface area contributed by atoms with Crippen molar-refractivity contribution in [2.75, 3.05) is 26.9 Å². The van der Waals surface area contributed by atoms with Crippen molar-refractivity contribution in [3.05, 3.63) is 84.3 Å². The number of hydrogen-bond acceptors (Lipinski definition) is 10. The number of piperidine rings is 1. The number of aryl methyl sites for hydroxylation is 1. The molecule has 1 N–H and O–H groups in total. The van der Waals surface area contributed by atoms with Crippen molar-refractivity contribution in [1.29, 1.82) is 0 Å². The van der Waals surface area contributed by atoms with Gasteiger partial charge in [0.1, 0.15) is 17.9 Å². The predicted molar refractivity (Wildman–Crippen MR) is 219 cm³/mol. The summed E-state index contributed by atoms with van der Waals surface area (Å²) in [5.41, 5.74) is 4.68. The summed E-state index contributed by atoms with van der Waals surface area (Å²) in [6, 6.07) is 16.4. The molecular formula is C46H46N6O8. The van der Waals surface area contributed by atoms with E-state index in [0.29, 0.717) is 31.5 Å². The van der Waals surface area contributed by atoms with Crippen LogP contribution in [0.25, 0.3) is 32.9 Å². The molecule has 2 aromatic carbocycles. The molecule has 60 heavy (non-hydrogen) atoms. The van der Waals surface area contributed by atoms with Crippen LogP contribution in [-0.4, -0.2) is 98.9 Å². The van der Waals surface area contributed by atoms with Gasteiger partial charge in [0.2, 0.25) is 23.6 Å². The Kier molecular flexibility index (Phi) is 9.23. The first-order valence-electron chi connectivity index (χ1n) is 20.8. The first kappa shape index (κ1) is 38.1. The zero-order chi connectivity index (χ0) is 41.3. The summed E-state index contributed by atoms with van der Waals surface area (Å²) in [5.74, 6) is -0.846. The van der Waals surface area contributed by atoms with Gasteiger partial charge in [-0.15, -0.1) is 0 Å². The zero-order valence-electron chi connectivity index (χ0n) is 33.6. The van der Waals surface area contributed by atoms with E-state index in [1.165, 1.54) is 11.5 Å². The fraction of sp³-hybridized carbons (Fsp3) is 0.413. The van der Waals surface area contributed by atoms with Crippen molar-refractivity contribution in [2.24, 2.45) is 17.9 Å². The Morgan fingerprint density at radius 1 is 0.883 bits per heavy atom. The first-order chi connectivity index (χ1) is 29.0. The lowest BCUT2D eigenvalue weighted by atomic mass is 9.35. The quantitative estimate of drug-likeness (QED) is 0.110. The minimum Gasteiger partial charge on any atom is -0.494 e. The molecule has 2 bridgehead atoms. The van der Waals surface area contributed by atoms with E-state index in [2.05, 4.69) is 45.1 Å². The van der Waals surface area contributed by atoms with Crippen LogP contribution in [-0.2, 0) is 26.2 Å². The minimum atomic E-state index is -1.00. The number of amides is 5. The van der Waals surface area contributed by atoms with Gasteiger partial charge in [0.05, 0.1) is 35.3 Å². The van der Waals surface area contributed by atoms with Gasteiger partial charge in [-0.3, -0.25) is 39.2 Å². The smallest absolute Gasteiger partial charge is 0.262 e. The molecule has 0 radical (unpaired) electrons. The number of pyridine rings is 2. The molecular weight excluding hydrogens is 765 g/mol. The van der Waals surface area contributed by atoms with Crippen molar-refractivity contribution in [3.63, 3.8) is 0 Å². The van der Waals surface area contributed by atoms with Crippen LogP contribution in [0.5, 0.6) is 11.6 Å². The summed E-state index contributed by atoms with van der Waals surface area (Å²) in [6.07, 6.45) is 11.5. The number of nitrogens with zero attached hydrogens (tertiary/aromatic N) is 5. The Bertz CT molecular complexity index is 2580. The molecule has 5 fully saturated rings. The average Bonchev–Trinajstić information content (AvgIpc) is 3.63. The number of nitrogens with one attached hydrogen (secondary N) is 1. The second-order valence-electron chi connectivity index (χ2n) is 17.4. The van der Waals surface area contributed by atoms with E-state index in [1.807, 2.05) is 48.7 Å². The molecule has 14 nitrogen and oxygen atoms in total. The van der Waals surface area contributed by atoms with Crippen LogP contribution in [0.2, 0.25) is 0 Å². The first-order valence-corrected chi connectivity index (χ1v) is 20.8. The molecule has 1 atom stereocenters. The standard InChI is InChI=1S/C46H46N6O8/c1-50(29-18-31(19-29)60-40-12-6-28(21-48-40)27-5-8-32-35-22-47-14-13-36(35)51(2)38(32)17-27)44(57)46-23-45(24-46,25-46)26-58-15-3-4-16-59-30-7-9-33-34(20-30)43(56)52(42(33)55)37-10-11-39(53)49-41(37)54/h5-9,12-14,17,20-22,29,31,37H,3-4,10-11,15-16,18-19,23-26H2,1-2H3,(H,49,53,54). The van der Waals surface area contributed by atoms with Crippen molar-refractivity contribution in [2.45, 2.75) is 76.0 Å². The van der Waals surface area contributed by atoms with Gasteiger partial charge < -0.3 is 23.7 Å². The summed E-state index contributed by atoms with van der Waals surface area (Å²) in [5, 5.41) is 4.52. The third-order valence-corrected chi connectivity index (χ3v) is 13.5. The van der Waals surface area contributed by atoms with E-state index in [-0.39, 0.29) is 52.9 Å². The Labute approximate surface area is 346 Å². The molecule has 2 aliphatic heterocycles. The zero-order valence-corrected chi connectivity index (χ0v) is 33.6. The van der Waals surface area contributed by atoms with Gasteiger partial charge >= 0.3 is 0 Å². The van der Waals surface area contributed by atoms with E-state index in [9.17, 15) is 24.0 Å². The molecule has 0 spiro atoms. The maximum atomic E-state index is 13.6. The number of ether oxygens (including phenoxy) is 3. The molecule has 6 aliphatic rings. The number of rotatable bonds is 14. The van der Waals surface area contributed by atoms with E-state index < -0.39 is 29.7 Å². The minimum absolute atomic E-state index is 0.0311. The second-order valence-corrected chi connectivity index (χ2v) is 17.4. The summed E-state index contributed by atoms with van der Waals surface area (Å²) in [6.45, 7) is 1.65. The fourth-order valence-corrected chi connectivity index (χ4v) is 10.2. The van der Waals surface area contributed by atoms with Gasteiger partial charge in [0, 0.05) is 92.5 Å². The third-order valence-electron chi connectivity index (χ3n) is 13.5. The van der Waals surface area contributed by atoms with Crippen LogP contribution in [0, 0.1) is 10.8 Å². The maximum Gasteiger partial charge on any atom is 0.262 e. The van der Waals surface area contributed by atoms with Gasteiger partial charge in [0.25, 0.3) is 11.8 Å². The van der Waals surface area contributed by atoms with Gasteiger partial charge in [-0.25, -0.2) is 4.98 Å². The summed E-state index contributed by atoms with van der Waals surface area (Å²) >= 11 is 0. The Morgan fingerprint density at radius 3 is 2.45 bits per heavy atom. The fourth-order valence-electron chi connectivity index (χ4n) is 10.2. The summed E-state index contributed by atoms with van der Waals surface area (Å²) in [7, 11) is 4.01. The number of unbranched alkanes of at least 4 members (excludes halogenated alkanes) is 1. The summed E-state index contributed by atoms with van der Waals surface area (Å²) < 4.78 is 20.3. The number of imide groups is 2. The lowest BCUT2D eigenvalue weighted by Gasteiger charge is -2.70. The lowest BCUT2D eigenvalue weighted by Crippen LogP contribution is -2.70. The predicted octanol–water partition coefficient (Wildman–Crippen LogP) is 5.60. The lowest BCUT2D eigenvalue weighted by molar-refractivity contribution is -0.235. The van der Waals surface area contributed by atoms with Crippen molar-refractivity contribution in [1.82, 2.24) is 29.7 Å². The third kappa shape index (κ3) is 6.39. The second kappa shape index (κ2) is 14.5. The number of hydrogen-bond donors (Lipinski definition) is 1. The van der Waals surface area contributed by atoms with Crippen molar-refractivity contribution < 1.29 is 38.2 Å². The highest BCUT2D eigenvalue weighted by Gasteiger charge is 2.72. The van der Waals surface area contributed by atoms with Crippen LogP contribution in [0.15, 0.2) is 73.2 Å². The highest BCUT2D eigenvalue weighted by atomic mass is 16.5. The molecule has 14 heteroatoms. The van der Waals surface area contributed by atoms with Crippen LogP contribution < -0.4 is 14.8 Å². The topological polar surface area (TPSA) is 162 Å². The van der Waals surface area contributed by atoms with Gasteiger partial charge in [-0.1, -0.05) is 12.1 Å². The highest BCUT2D eigenvalue weighted by molar-refractivity contribution is 6.23. The van der Waals surface area contributed by atoms with E-state index in [0.717, 1.165) is 77.4 Å². The van der Waals surface area contributed by atoms with Crippen LogP contribution in [0.1, 0.15) is 78.5 Å². The monoisotopic (exact) mass is 810 g/mol. The summed E-state index contributed by atoms with van der Waals surface area (Å²) in [4.78, 5) is 75.2. The van der Waals surface area contributed by atoms with Crippen molar-refractivity contribution >= 4 is 51.3 Å². The number of benzene rings is 2. The van der Waals surface area contributed by atoms with Gasteiger partial charge in [0.15, 0.2) is 0 Å². The average molecular weight is 811 g/mol. The molecule has 4 saturated carbocycles. The van der Waals surface area contributed by atoms with Crippen molar-refractivity contribution in [3.8, 4) is 22.8 Å². The number of fused-ring (bicyclic) bond motifs is 4. The maximum absolute atomic E-state index is 13.6.